The van der Waals surface area contributed by atoms with Crippen LogP contribution in [-0.2, 0) is 31.6 Å². The third kappa shape index (κ3) is 5.87. The van der Waals surface area contributed by atoms with Gasteiger partial charge in [-0.1, -0.05) is 5.92 Å². The van der Waals surface area contributed by atoms with Crippen molar-refractivity contribution in [3.8, 4) is 12.3 Å². The summed E-state index contributed by atoms with van der Waals surface area (Å²) >= 11 is 0. The minimum atomic E-state index is -5.92. The van der Waals surface area contributed by atoms with Crippen LogP contribution in [0, 0.1) is 12.3 Å². The number of ether oxygens (including phenoxy) is 1. The van der Waals surface area contributed by atoms with Crippen LogP contribution in [0.3, 0.4) is 0 Å². The molecular formula is C11H14FN2O15P3. The molecule has 7 N–H and O–H groups in total. The lowest BCUT2D eigenvalue weighted by Gasteiger charge is -2.26. The van der Waals surface area contributed by atoms with Crippen LogP contribution in [-0.4, -0.2) is 63.5 Å². The molecule has 0 saturated carbocycles. The number of aromatic amines is 1. The lowest BCUT2D eigenvalue weighted by Crippen LogP contribution is -2.51. The summed E-state index contributed by atoms with van der Waals surface area (Å²) in [5.74, 6) is -2.10. The molecule has 32 heavy (non-hydrogen) atoms. The van der Waals surface area contributed by atoms with Crippen molar-refractivity contribution < 1.29 is 65.8 Å². The van der Waals surface area contributed by atoms with Gasteiger partial charge < -0.3 is 34.5 Å². The molecule has 6 atom stereocenters. The molecule has 0 aliphatic carbocycles. The molecule has 2 heterocycles. The molecule has 0 spiro atoms. The number of nitrogens with zero attached hydrogens (tertiary/aromatic N) is 1. The van der Waals surface area contributed by atoms with Crippen LogP contribution < -0.4 is 11.2 Å². The number of phosphoric ester groups is 1. The fourth-order valence-corrected chi connectivity index (χ4v) is 5.45. The summed E-state index contributed by atoms with van der Waals surface area (Å²) in [6.45, 7) is -1.85. The fourth-order valence-electron chi connectivity index (χ4n) is 2.42. The van der Waals surface area contributed by atoms with Crippen molar-refractivity contribution >= 4 is 23.5 Å². The maximum atomic E-state index is 15.2. The molecule has 1 aliphatic heterocycles. The molecule has 1 saturated heterocycles. The van der Waals surface area contributed by atoms with E-state index in [0.29, 0.717) is 4.57 Å². The van der Waals surface area contributed by atoms with Gasteiger partial charge in [0.15, 0.2) is 12.3 Å². The van der Waals surface area contributed by atoms with Crippen LogP contribution in [0.15, 0.2) is 21.9 Å². The number of aromatic nitrogens is 2. The zero-order chi connectivity index (χ0) is 24.8. The summed E-state index contributed by atoms with van der Waals surface area (Å²) in [5.41, 5.74) is -5.18. The van der Waals surface area contributed by atoms with E-state index in [0.717, 1.165) is 12.3 Å². The fraction of sp³-hybridized carbons (Fsp3) is 0.455. The highest BCUT2D eigenvalue weighted by Crippen LogP contribution is 2.66. The van der Waals surface area contributed by atoms with E-state index >= 15 is 4.39 Å². The molecule has 0 radical (unpaired) electrons. The van der Waals surface area contributed by atoms with Gasteiger partial charge in [0.05, 0.1) is 0 Å². The van der Waals surface area contributed by atoms with Crippen LogP contribution in [0.1, 0.15) is 6.23 Å². The second-order valence-corrected chi connectivity index (χ2v) is 10.4. The molecule has 0 bridgehead atoms. The first-order valence-corrected chi connectivity index (χ1v) is 12.2. The van der Waals surface area contributed by atoms with Crippen molar-refractivity contribution in [2.24, 2.45) is 0 Å². The van der Waals surface area contributed by atoms with Crippen molar-refractivity contribution in [2.75, 3.05) is 6.61 Å². The maximum absolute atomic E-state index is 15.2. The number of aliphatic hydroxyl groups is 2. The van der Waals surface area contributed by atoms with Gasteiger partial charge in [-0.15, -0.1) is 6.42 Å². The average molecular weight is 526 g/mol. The van der Waals surface area contributed by atoms with Crippen molar-refractivity contribution in [1.29, 1.82) is 0 Å². The molecule has 3 unspecified atom stereocenters. The van der Waals surface area contributed by atoms with Gasteiger partial charge in [0, 0.05) is 12.3 Å². The molecule has 0 amide bonds. The predicted molar refractivity (Wildman–Crippen MR) is 94.9 cm³/mol. The third-order valence-corrected chi connectivity index (χ3v) is 7.47. The number of nitrogens with one attached hydrogen (secondary N) is 1. The molecular weight excluding hydrogens is 512 g/mol. The first-order valence-electron chi connectivity index (χ1n) is 7.69. The van der Waals surface area contributed by atoms with Crippen molar-refractivity contribution in [3.05, 3.63) is 33.1 Å². The molecule has 21 heteroatoms. The number of hydrogen-bond acceptors (Lipinski definition) is 11. The van der Waals surface area contributed by atoms with Crippen molar-refractivity contribution in [2.45, 2.75) is 23.8 Å². The molecule has 2 rings (SSSR count). The van der Waals surface area contributed by atoms with Gasteiger partial charge in [-0.3, -0.25) is 18.9 Å². The summed E-state index contributed by atoms with van der Waals surface area (Å²) in [4.78, 5) is 60.2. The zero-order valence-electron chi connectivity index (χ0n) is 15.1. The molecule has 180 valence electrons. The molecule has 1 aromatic rings. The van der Waals surface area contributed by atoms with Crippen LogP contribution in [0.5, 0.6) is 0 Å². The molecule has 1 fully saturated rings. The van der Waals surface area contributed by atoms with Gasteiger partial charge in [-0.05, 0) is 0 Å². The topological polar surface area (TPSA) is 264 Å². The maximum Gasteiger partial charge on any atom is 0.490 e. The van der Waals surface area contributed by atoms with Gasteiger partial charge in [0.1, 0.15) is 6.61 Å². The summed E-state index contributed by atoms with van der Waals surface area (Å²) in [5, 5.41) is 20.6. The number of halogens is 1. The highest BCUT2D eigenvalue weighted by Gasteiger charge is 2.65. The molecule has 1 aromatic heterocycles. The van der Waals surface area contributed by atoms with E-state index in [1.54, 1.807) is 10.9 Å². The largest absolute Gasteiger partial charge is 0.490 e. The Labute approximate surface area is 175 Å². The number of alkyl halides is 1. The Morgan fingerprint density at radius 2 is 1.81 bits per heavy atom. The quantitative estimate of drug-likeness (QED) is 0.140. The zero-order valence-corrected chi connectivity index (χ0v) is 17.8. The Morgan fingerprint density at radius 3 is 2.31 bits per heavy atom. The van der Waals surface area contributed by atoms with Crippen LogP contribution in [0.25, 0.3) is 0 Å². The normalized spacial score (nSPS) is 32.1. The minimum Gasteiger partial charge on any atom is -0.383 e. The number of terminal acetylenes is 1. The second kappa shape index (κ2) is 8.67. The Kier molecular flexibility index (Phi) is 7.24. The monoisotopic (exact) mass is 526 g/mol. The first-order chi connectivity index (χ1) is 14.3. The van der Waals surface area contributed by atoms with E-state index in [2.05, 4.69) is 13.1 Å². The van der Waals surface area contributed by atoms with Gasteiger partial charge in [0.2, 0.25) is 5.60 Å². The minimum absolute atomic E-state index is 0.372. The van der Waals surface area contributed by atoms with Gasteiger partial charge in [-0.25, -0.2) is 22.9 Å². The van der Waals surface area contributed by atoms with Crippen molar-refractivity contribution in [3.63, 3.8) is 0 Å². The third-order valence-electron chi connectivity index (χ3n) is 3.68. The second-order valence-electron chi connectivity index (χ2n) is 6.01. The van der Waals surface area contributed by atoms with Gasteiger partial charge in [-0.2, -0.15) is 8.62 Å². The van der Waals surface area contributed by atoms with Crippen LogP contribution in [0.2, 0.25) is 0 Å². The van der Waals surface area contributed by atoms with E-state index < -0.39 is 65.1 Å². The summed E-state index contributed by atoms with van der Waals surface area (Å²) < 4.78 is 64.7. The molecule has 17 nitrogen and oxygen atoms in total. The smallest absolute Gasteiger partial charge is 0.383 e. The SMILES string of the molecule is C#C[C@]1(O)C(n2ccc(=O)[nH]c2=O)O[C@](F)(COP(=O)(O)OP(=O)(O)OP(=O)(O)O)[C@H]1O. The number of H-pyrrole nitrogens is 1. The Morgan fingerprint density at radius 1 is 1.22 bits per heavy atom. The summed E-state index contributed by atoms with van der Waals surface area (Å²) in [6.07, 6.45) is 0.802. The number of hydrogen-bond donors (Lipinski definition) is 7. The van der Waals surface area contributed by atoms with Crippen molar-refractivity contribution in [1.82, 2.24) is 9.55 Å². The Hall–Kier alpha value is -1.54. The van der Waals surface area contributed by atoms with Crippen LogP contribution >= 0.6 is 23.5 Å². The number of aliphatic hydroxyl groups excluding tert-OH is 1. The first kappa shape index (κ1) is 26.7. The number of phosphoric acid groups is 3. The lowest BCUT2D eigenvalue weighted by molar-refractivity contribution is -0.204. The molecule has 0 aromatic carbocycles. The summed E-state index contributed by atoms with van der Waals surface area (Å²) in [7, 11) is -17.5. The Balaban J connectivity index is 2.28. The highest BCUT2D eigenvalue weighted by atomic mass is 31.3. The lowest BCUT2D eigenvalue weighted by atomic mass is 9.94. The molecule has 1 aliphatic rings. The Bertz CT molecular complexity index is 1190. The van der Waals surface area contributed by atoms with E-state index in [9.17, 15) is 38.4 Å². The standard InChI is InChI=1S/C11H14FN2O15P3/c1-2-10(18)7(16)11(12,27-8(10)14-4-3-6(15)13-9(14)17)5-26-31(22,23)29-32(24,25)28-30(19,20)21/h1,3-4,7-8,16,18H,5H2,(H,22,23)(H,24,25)(H,13,15,17)(H2,19,20,21)/t7-,8?,10+,11+/m0/s1. The highest BCUT2D eigenvalue weighted by molar-refractivity contribution is 7.66. The van der Waals surface area contributed by atoms with E-state index in [-0.39, 0.29) is 0 Å². The average Bonchev–Trinajstić information content (AvgIpc) is 2.80. The van der Waals surface area contributed by atoms with E-state index in [4.69, 9.17) is 25.8 Å². The van der Waals surface area contributed by atoms with E-state index in [1.807, 2.05) is 0 Å². The van der Waals surface area contributed by atoms with Gasteiger partial charge >= 0.3 is 29.2 Å². The van der Waals surface area contributed by atoms with E-state index in [1.165, 1.54) is 0 Å². The van der Waals surface area contributed by atoms with Gasteiger partial charge in [0.25, 0.3) is 11.4 Å². The predicted octanol–water partition coefficient (Wildman–Crippen LogP) is -2.20. The van der Waals surface area contributed by atoms with Crippen LogP contribution in [0.4, 0.5) is 4.39 Å². The number of rotatable bonds is 8. The summed E-state index contributed by atoms with van der Waals surface area (Å²) in [6, 6.07) is 0.748.